The minimum Gasteiger partial charge on any atom is -0.372 e. The van der Waals surface area contributed by atoms with Crippen molar-refractivity contribution in [3.8, 4) is 0 Å². The molecule has 0 aliphatic carbocycles. The summed E-state index contributed by atoms with van der Waals surface area (Å²) < 4.78 is 0. The molecule has 3 aromatic carbocycles. The molecule has 0 fully saturated rings. The fraction of sp³-hybridized carbons (Fsp3) is 0.0500. The van der Waals surface area contributed by atoms with Crippen molar-refractivity contribution < 1.29 is 9.90 Å². The van der Waals surface area contributed by atoms with Gasteiger partial charge in [0.1, 0.15) is 0 Å². The van der Waals surface area contributed by atoms with Crippen LogP contribution >= 0.6 is 23.2 Å². The van der Waals surface area contributed by atoms with Crippen LogP contribution in [0.15, 0.2) is 78.9 Å². The number of halogens is 2. The van der Waals surface area contributed by atoms with Crippen LogP contribution in [0.5, 0.6) is 0 Å². The van der Waals surface area contributed by atoms with Gasteiger partial charge in [0, 0.05) is 5.02 Å². The Morgan fingerprint density at radius 3 is 1.84 bits per heavy atom. The van der Waals surface area contributed by atoms with E-state index < -0.39 is 11.5 Å². The number of hydrogen-bond acceptors (Lipinski definition) is 2. The number of carbonyl (C=O) groups excluding carboxylic acids is 1. The molecule has 3 nitrogen and oxygen atoms in total. The van der Waals surface area contributed by atoms with Gasteiger partial charge in [-0.2, -0.15) is 0 Å². The highest BCUT2D eigenvalue weighted by molar-refractivity contribution is 6.36. The predicted molar refractivity (Wildman–Crippen MR) is 101 cm³/mol. The number of anilines is 1. The summed E-state index contributed by atoms with van der Waals surface area (Å²) >= 11 is 12.0. The van der Waals surface area contributed by atoms with Gasteiger partial charge >= 0.3 is 0 Å². The first-order valence-corrected chi connectivity index (χ1v) is 8.37. The third-order valence-corrected chi connectivity index (χ3v) is 4.44. The Bertz CT molecular complexity index is 843. The van der Waals surface area contributed by atoms with Crippen LogP contribution in [0, 0.1) is 0 Å². The lowest BCUT2D eigenvalue weighted by molar-refractivity contribution is -0.131. The molecule has 0 spiro atoms. The lowest BCUT2D eigenvalue weighted by Crippen LogP contribution is -2.41. The second kappa shape index (κ2) is 7.28. The number of nitrogens with one attached hydrogen (secondary N) is 1. The summed E-state index contributed by atoms with van der Waals surface area (Å²) in [6.45, 7) is 0. The summed E-state index contributed by atoms with van der Waals surface area (Å²) in [5.41, 5.74) is -0.556. The topological polar surface area (TPSA) is 49.3 Å². The zero-order valence-corrected chi connectivity index (χ0v) is 14.6. The molecular formula is C20H15Cl2NO2. The third-order valence-electron chi connectivity index (χ3n) is 3.89. The molecule has 0 aromatic heterocycles. The van der Waals surface area contributed by atoms with Crippen molar-refractivity contribution in [1.82, 2.24) is 0 Å². The number of hydrogen-bond donors (Lipinski definition) is 2. The van der Waals surface area contributed by atoms with E-state index in [0.717, 1.165) is 0 Å². The molecule has 0 bridgehead atoms. The number of amides is 1. The Balaban J connectivity index is 2.04. The lowest BCUT2D eigenvalue weighted by atomic mass is 9.85. The number of aliphatic hydroxyl groups is 1. The van der Waals surface area contributed by atoms with E-state index in [1.165, 1.54) is 6.07 Å². The Labute approximate surface area is 155 Å². The third kappa shape index (κ3) is 3.54. The average molecular weight is 372 g/mol. The Kier molecular flexibility index (Phi) is 5.09. The molecule has 25 heavy (non-hydrogen) atoms. The first kappa shape index (κ1) is 17.5. The molecule has 3 aromatic rings. The lowest BCUT2D eigenvalue weighted by Gasteiger charge is -2.28. The zero-order chi connectivity index (χ0) is 17.9. The van der Waals surface area contributed by atoms with Crippen molar-refractivity contribution in [3.63, 3.8) is 0 Å². The van der Waals surface area contributed by atoms with Crippen LogP contribution in [0.2, 0.25) is 10.0 Å². The van der Waals surface area contributed by atoms with Crippen molar-refractivity contribution in [2.45, 2.75) is 5.60 Å². The molecule has 0 unspecified atom stereocenters. The van der Waals surface area contributed by atoms with Crippen molar-refractivity contribution in [2.75, 3.05) is 5.32 Å². The SMILES string of the molecule is O=C(Nc1ccc(Cl)cc1Cl)C(O)(c1ccccc1)c1ccccc1. The Morgan fingerprint density at radius 2 is 1.36 bits per heavy atom. The number of carbonyl (C=O) groups is 1. The molecular weight excluding hydrogens is 357 g/mol. The van der Waals surface area contributed by atoms with Gasteiger partial charge in [0.05, 0.1) is 10.7 Å². The molecule has 0 saturated carbocycles. The van der Waals surface area contributed by atoms with Crippen LogP contribution in [-0.4, -0.2) is 11.0 Å². The summed E-state index contributed by atoms with van der Waals surface area (Å²) in [7, 11) is 0. The average Bonchev–Trinajstić information content (AvgIpc) is 2.64. The largest absolute Gasteiger partial charge is 0.372 e. The molecule has 0 atom stereocenters. The first-order valence-electron chi connectivity index (χ1n) is 7.62. The Morgan fingerprint density at radius 1 is 0.840 bits per heavy atom. The monoisotopic (exact) mass is 371 g/mol. The van der Waals surface area contributed by atoms with Crippen LogP contribution < -0.4 is 5.32 Å². The normalized spacial score (nSPS) is 11.2. The van der Waals surface area contributed by atoms with Gasteiger partial charge in [0.2, 0.25) is 0 Å². The second-order valence-electron chi connectivity index (χ2n) is 5.52. The van der Waals surface area contributed by atoms with Crippen molar-refractivity contribution in [3.05, 3.63) is 100 Å². The first-order chi connectivity index (χ1) is 12.0. The van der Waals surface area contributed by atoms with E-state index in [1.54, 1.807) is 60.7 Å². The molecule has 0 aliphatic rings. The van der Waals surface area contributed by atoms with E-state index >= 15 is 0 Å². The second-order valence-corrected chi connectivity index (χ2v) is 6.36. The van der Waals surface area contributed by atoms with Gasteiger partial charge in [0.25, 0.3) is 5.91 Å². The van der Waals surface area contributed by atoms with Crippen LogP contribution in [0.3, 0.4) is 0 Å². The summed E-state index contributed by atoms with van der Waals surface area (Å²) in [6.07, 6.45) is 0. The maximum Gasteiger partial charge on any atom is 0.265 e. The molecule has 0 heterocycles. The molecule has 5 heteroatoms. The minimum atomic E-state index is -1.86. The predicted octanol–water partition coefficient (Wildman–Crippen LogP) is 4.87. The van der Waals surface area contributed by atoms with Gasteiger partial charge in [-0.25, -0.2) is 0 Å². The van der Waals surface area contributed by atoms with Gasteiger partial charge in [-0.3, -0.25) is 4.79 Å². The summed E-state index contributed by atoms with van der Waals surface area (Å²) in [5, 5.41) is 14.8. The maximum atomic E-state index is 13.0. The van der Waals surface area contributed by atoms with E-state index in [1.807, 2.05) is 12.1 Å². The molecule has 126 valence electrons. The van der Waals surface area contributed by atoms with E-state index in [9.17, 15) is 9.90 Å². The zero-order valence-electron chi connectivity index (χ0n) is 13.1. The molecule has 0 aliphatic heterocycles. The standard InChI is InChI=1S/C20H15Cl2NO2/c21-16-11-12-18(17(22)13-16)23-19(24)20(25,14-7-3-1-4-8-14)15-9-5-2-6-10-15/h1-13,25H,(H,23,24). The van der Waals surface area contributed by atoms with Gasteiger partial charge in [-0.05, 0) is 29.3 Å². The quantitative estimate of drug-likeness (QED) is 0.687. The van der Waals surface area contributed by atoms with Crippen molar-refractivity contribution in [1.29, 1.82) is 0 Å². The molecule has 2 N–H and O–H groups in total. The molecule has 0 saturated heterocycles. The van der Waals surface area contributed by atoms with E-state index in [0.29, 0.717) is 26.9 Å². The van der Waals surface area contributed by atoms with Crippen LogP contribution in [0.1, 0.15) is 11.1 Å². The highest BCUT2D eigenvalue weighted by atomic mass is 35.5. The van der Waals surface area contributed by atoms with Crippen LogP contribution in [0.25, 0.3) is 0 Å². The molecule has 1 amide bonds. The minimum absolute atomic E-state index is 0.296. The van der Waals surface area contributed by atoms with Crippen molar-refractivity contribution >= 4 is 34.8 Å². The van der Waals surface area contributed by atoms with E-state index in [2.05, 4.69) is 5.32 Å². The molecule has 0 radical (unpaired) electrons. The molecule has 3 rings (SSSR count). The van der Waals surface area contributed by atoms with Crippen molar-refractivity contribution in [2.24, 2.45) is 0 Å². The summed E-state index contributed by atoms with van der Waals surface area (Å²) in [4.78, 5) is 13.0. The highest BCUT2D eigenvalue weighted by Gasteiger charge is 2.40. The summed E-state index contributed by atoms with van der Waals surface area (Å²) in [5.74, 6) is -0.603. The maximum absolute atomic E-state index is 13.0. The Hall–Kier alpha value is -2.33. The number of rotatable bonds is 4. The smallest absolute Gasteiger partial charge is 0.265 e. The van der Waals surface area contributed by atoms with Crippen LogP contribution in [-0.2, 0) is 10.4 Å². The fourth-order valence-electron chi connectivity index (χ4n) is 2.59. The van der Waals surface area contributed by atoms with Gasteiger partial charge in [-0.1, -0.05) is 83.9 Å². The van der Waals surface area contributed by atoms with Gasteiger partial charge in [-0.15, -0.1) is 0 Å². The van der Waals surface area contributed by atoms with E-state index in [4.69, 9.17) is 23.2 Å². The van der Waals surface area contributed by atoms with Crippen LogP contribution in [0.4, 0.5) is 5.69 Å². The highest BCUT2D eigenvalue weighted by Crippen LogP contribution is 2.33. The summed E-state index contributed by atoms with van der Waals surface area (Å²) in [6, 6.07) is 22.3. The van der Waals surface area contributed by atoms with E-state index in [-0.39, 0.29) is 0 Å². The fourth-order valence-corrected chi connectivity index (χ4v) is 3.05. The number of benzene rings is 3. The van der Waals surface area contributed by atoms with Gasteiger partial charge < -0.3 is 10.4 Å². The van der Waals surface area contributed by atoms with Gasteiger partial charge in [0.15, 0.2) is 5.60 Å².